The van der Waals surface area contributed by atoms with Crippen molar-refractivity contribution in [3.63, 3.8) is 0 Å². The van der Waals surface area contributed by atoms with Gasteiger partial charge in [-0.2, -0.15) is 9.97 Å². The average Bonchev–Trinajstić information content (AvgIpc) is 3.80. The van der Waals surface area contributed by atoms with Gasteiger partial charge < -0.3 is 4.57 Å². The maximum Gasteiger partial charge on any atom is 0.238 e. The van der Waals surface area contributed by atoms with E-state index in [9.17, 15) is 0 Å². The van der Waals surface area contributed by atoms with Gasteiger partial charge in [-0.15, -0.1) is 11.3 Å². The zero-order chi connectivity index (χ0) is 30.9. The minimum absolute atomic E-state index is 0.602. The molecule has 0 N–H and O–H groups in total. The van der Waals surface area contributed by atoms with Gasteiger partial charge in [0.05, 0.1) is 31.5 Å². The van der Waals surface area contributed by atoms with Crippen LogP contribution < -0.4 is 0 Å². The van der Waals surface area contributed by atoms with Crippen LogP contribution in [0.25, 0.3) is 87.4 Å². The fraction of sp³-hybridized carbons (Fsp3) is 0. The fourth-order valence-electron chi connectivity index (χ4n) is 6.93. The van der Waals surface area contributed by atoms with Crippen molar-refractivity contribution in [3.8, 4) is 34.4 Å². The van der Waals surface area contributed by atoms with Crippen molar-refractivity contribution in [2.45, 2.75) is 0 Å². The SMILES string of the molecule is c1ccc(-c2nc(-c3ccccc3)nc(-n3c4ccccc4c4ccc5c(sc6c7ccccc7n(-c7ccccc7)c56)c43)n2)cc1. The van der Waals surface area contributed by atoms with Crippen molar-refractivity contribution >= 4 is 64.3 Å². The lowest BCUT2D eigenvalue weighted by atomic mass is 10.1. The number of aromatic nitrogens is 5. The highest BCUT2D eigenvalue weighted by Crippen LogP contribution is 2.46. The lowest BCUT2D eigenvalue weighted by Crippen LogP contribution is -2.06. The fourth-order valence-corrected chi connectivity index (χ4v) is 8.28. The Hall–Kier alpha value is -6.11. The molecular formula is C41H25N5S. The second-order valence-electron chi connectivity index (χ2n) is 11.7. The lowest BCUT2D eigenvalue weighted by Gasteiger charge is -2.11. The van der Waals surface area contributed by atoms with Crippen LogP contribution in [0.4, 0.5) is 0 Å². The molecule has 6 aromatic carbocycles. The van der Waals surface area contributed by atoms with Crippen molar-refractivity contribution in [1.29, 1.82) is 0 Å². The largest absolute Gasteiger partial charge is 0.308 e. The number of rotatable bonds is 4. The van der Waals surface area contributed by atoms with Gasteiger partial charge in [0.15, 0.2) is 11.6 Å². The molecule has 0 aliphatic carbocycles. The van der Waals surface area contributed by atoms with E-state index in [1.165, 1.54) is 42.0 Å². The number of nitrogens with zero attached hydrogens (tertiary/aromatic N) is 5. The lowest BCUT2D eigenvalue weighted by molar-refractivity contribution is 0.955. The molecule has 47 heavy (non-hydrogen) atoms. The molecule has 0 bridgehead atoms. The molecule has 5 nitrogen and oxygen atoms in total. The summed E-state index contributed by atoms with van der Waals surface area (Å²) >= 11 is 1.85. The van der Waals surface area contributed by atoms with Crippen LogP contribution in [0.2, 0.25) is 0 Å². The Balaban J connectivity index is 1.36. The Bertz CT molecular complexity index is 2720. The smallest absolute Gasteiger partial charge is 0.238 e. The molecule has 0 radical (unpaired) electrons. The number of thiophene rings is 1. The third kappa shape index (κ3) is 3.92. The van der Waals surface area contributed by atoms with Crippen molar-refractivity contribution < 1.29 is 0 Å². The van der Waals surface area contributed by atoms with Gasteiger partial charge >= 0.3 is 0 Å². The van der Waals surface area contributed by atoms with Gasteiger partial charge in [-0.25, -0.2) is 4.98 Å². The summed E-state index contributed by atoms with van der Waals surface area (Å²) in [5, 5.41) is 4.81. The van der Waals surface area contributed by atoms with Crippen molar-refractivity contribution in [2.24, 2.45) is 0 Å². The van der Waals surface area contributed by atoms with Crippen LogP contribution in [0.5, 0.6) is 0 Å². The highest BCUT2D eigenvalue weighted by atomic mass is 32.1. The van der Waals surface area contributed by atoms with Crippen LogP contribution in [-0.4, -0.2) is 24.1 Å². The van der Waals surface area contributed by atoms with Crippen LogP contribution in [-0.2, 0) is 0 Å². The van der Waals surface area contributed by atoms with Gasteiger partial charge in [0, 0.05) is 38.4 Å². The van der Waals surface area contributed by atoms with E-state index in [4.69, 9.17) is 15.0 Å². The zero-order valence-corrected chi connectivity index (χ0v) is 25.9. The minimum Gasteiger partial charge on any atom is -0.308 e. The van der Waals surface area contributed by atoms with E-state index in [-0.39, 0.29) is 0 Å². The van der Waals surface area contributed by atoms with Crippen LogP contribution in [0, 0.1) is 0 Å². The molecule has 0 fully saturated rings. The number of hydrogen-bond acceptors (Lipinski definition) is 4. The topological polar surface area (TPSA) is 48.5 Å². The van der Waals surface area contributed by atoms with Crippen molar-refractivity contribution in [2.75, 3.05) is 0 Å². The average molecular weight is 620 g/mol. The third-order valence-corrected chi connectivity index (χ3v) is 10.2. The molecule has 0 amide bonds. The van der Waals surface area contributed by atoms with Crippen LogP contribution in [0.3, 0.4) is 0 Å². The van der Waals surface area contributed by atoms with Gasteiger partial charge in [-0.1, -0.05) is 127 Å². The maximum atomic E-state index is 5.18. The van der Waals surface area contributed by atoms with E-state index < -0.39 is 0 Å². The molecule has 10 aromatic rings. The molecule has 0 unspecified atom stereocenters. The molecule has 4 heterocycles. The van der Waals surface area contributed by atoms with Crippen molar-refractivity contribution in [1.82, 2.24) is 24.1 Å². The van der Waals surface area contributed by atoms with E-state index in [0.29, 0.717) is 17.6 Å². The van der Waals surface area contributed by atoms with Crippen LogP contribution in [0.1, 0.15) is 0 Å². The van der Waals surface area contributed by atoms with E-state index in [2.05, 4.69) is 124 Å². The van der Waals surface area contributed by atoms with Gasteiger partial charge in [0.1, 0.15) is 0 Å². The normalized spacial score (nSPS) is 11.8. The second-order valence-corrected chi connectivity index (χ2v) is 12.7. The van der Waals surface area contributed by atoms with Crippen LogP contribution in [0.15, 0.2) is 152 Å². The van der Waals surface area contributed by atoms with Crippen LogP contribution >= 0.6 is 11.3 Å². The summed E-state index contributed by atoms with van der Waals surface area (Å²) < 4.78 is 7.14. The Labute approximate surface area is 273 Å². The molecule has 10 rings (SSSR count). The molecule has 0 saturated heterocycles. The Morgan fingerprint density at radius 3 is 1.53 bits per heavy atom. The number of hydrogen-bond donors (Lipinski definition) is 0. The molecule has 220 valence electrons. The van der Waals surface area contributed by atoms with Crippen molar-refractivity contribution in [3.05, 3.63) is 152 Å². The monoisotopic (exact) mass is 619 g/mol. The molecule has 0 saturated carbocycles. The van der Waals surface area contributed by atoms with E-state index in [1.54, 1.807) is 0 Å². The number of benzene rings is 6. The molecule has 0 aliphatic heterocycles. The molecule has 4 aromatic heterocycles. The van der Waals surface area contributed by atoms with Gasteiger partial charge in [-0.05, 0) is 24.3 Å². The second kappa shape index (κ2) is 10.2. The summed E-state index contributed by atoms with van der Waals surface area (Å²) in [4.78, 5) is 15.3. The predicted molar refractivity (Wildman–Crippen MR) is 195 cm³/mol. The first-order chi connectivity index (χ1) is 23.3. The quantitative estimate of drug-likeness (QED) is 0.197. The summed E-state index contributed by atoms with van der Waals surface area (Å²) in [6, 6.07) is 52.8. The number of fused-ring (bicyclic) bond motifs is 9. The summed E-state index contributed by atoms with van der Waals surface area (Å²) in [5.41, 5.74) is 7.65. The minimum atomic E-state index is 0.602. The first-order valence-corrected chi connectivity index (χ1v) is 16.5. The Morgan fingerprint density at radius 1 is 0.383 bits per heavy atom. The highest BCUT2D eigenvalue weighted by molar-refractivity contribution is 7.27. The van der Waals surface area contributed by atoms with E-state index >= 15 is 0 Å². The highest BCUT2D eigenvalue weighted by Gasteiger charge is 2.24. The van der Waals surface area contributed by atoms with Gasteiger partial charge in [0.25, 0.3) is 0 Å². The van der Waals surface area contributed by atoms with E-state index in [0.717, 1.165) is 27.8 Å². The first kappa shape index (κ1) is 26.1. The maximum absolute atomic E-state index is 5.18. The predicted octanol–water partition coefficient (Wildman–Crippen LogP) is 10.6. The molecule has 6 heteroatoms. The van der Waals surface area contributed by atoms with E-state index in [1.807, 2.05) is 47.7 Å². The first-order valence-electron chi connectivity index (χ1n) is 15.6. The Kier molecular flexibility index (Phi) is 5.68. The third-order valence-electron chi connectivity index (χ3n) is 8.98. The summed E-state index contributed by atoms with van der Waals surface area (Å²) in [7, 11) is 0. The van der Waals surface area contributed by atoms with Gasteiger partial charge in [0.2, 0.25) is 5.95 Å². The number of para-hydroxylation sites is 3. The zero-order valence-electron chi connectivity index (χ0n) is 25.1. The molecule has 0 atom stereocenters. The summed E-state index contributed by atoms with van der Waals surface area (Å²) in [5.74, 6) is 1.89. The Morgan fingerprint density at radius 2 is 0.872 bits per heavy atom. The molecule has 0 aliphatic rings. The standard InChI is InChI=1S/C41H25N5S/c1-4-14-26(15-5-1)39-42-40(27-16-6-2-7-17-27)44-41(43-39)46-33-22-12-10-20-29(33)30-24-25-32-36-37(47-38(32)35(30)46)31-21-11-13-23-34(31)45(36)28-18-8-3-9-19-28/h1-25H. The summed E-state index contributed by atoms with van der Waals surface area (Å²) in [6.07, 6.45) is 0. The summed E-state index contributed by atoms with van der Waals surface area (Å²) in [6.45, 7) is 0. The van der Waals surface area contributed by atoms with Gasteiger partial charge in [-0.3, -0.25) is 4.57 Å². The molecular weight excluding hydrogens is 595 g/mol. The molecule has 0 spiro atoms.